The maximum absolute atomic E-state index is 11.8. The average molecular weight is 282 g/mol. The van der Waals surface area contributed by atoms with Crippen molar-refractivity contribution in [2.45, 2.75) is 78.4 Å². The van der Waals surface area contributed by atoms with E-state index in [0.29, 0.717) is 6.54 Å². The fourth-order valence-electron chi connectivity index (χ4n) is 3.87. The van der Waals surface area contributed by atoms with E-state index in [-0.39, 0.29) is 28.8 Å². The lowest BCUT2D eigenvalue weighted by Crippen LogP contribution is -2.65. The Morgan fingerprint density at radius 2 is 1.55 bits per heavy atom. The highest BCUT2D eigenvalue weighted by molar-refractivity contribution is 5.78. The lowest BCUT2D eigenvalue weighted by atomic mass is 9.76. The molecule has 0 radical (unpaired) electrons. The first kappa shape index (κ1) is 17.2. The summed E-state index contributed by atoms with van der Waals surface area (Å²) < 4.78 is 0. The third-order valence-corrected chi connectivity index (χ3v) is 4.50. The summed E-state index contributed by atoms with van der Waals surface area (Å²) >= 11 is 0. The number of hydrogen-bond donors (Lipinski definition) is 0. The summed E-state index contributed by atoms with van der Waals surface area (Å²) in [6, 6.07) is 0.255. The molecule has 20 heavy (non-hydrogen) atoms. The minimum Gasteiger partial charge on any atom is -0.340 e. The highest BCUT2D eigenvalue weighted by Gasteiger charge is 2.47. The van der Waals surface area contributed by atoms with E-state index < -0.39 is 0 Å². The Kier molecular flexibility index (Phi) is 5.01. The molecule has 0 aromatic heterocycles. The maximum atomic E-state index is 11.8. The van der Waals surface area contributed by atoms with Gasteiger partial charge < -0.3 is 4.90 Å². The van der Waals surface area contributed by atoms with Crippen LogP contribution in [0.5, 0.6) is 0 Å². The molecule has 0 unspecified atom stereocenters. The van der Waals surface area contributed by atoms with E-state index in [2.05, 4.69) is 32.6 Å². The molecule has 0 aromatic rings. The first-order valence-corrected chi connectivity index (χ1v) is 7.55. The first-order chi connectivity index (χ1) is 9.01. The number of Topliss-reactive ketones (excluding diaryl/α,β-unsaturated/α-hetero) is 1. The average Bonchev–Trinajstić information content (AvgIpc) is 2.22. The van der Waals surface area contributed by atoms with E-state index in [0.717, 1.165) is 19.4 Å². The zero-order valence-electron chi connectivity index (χ0n) is 14.1. The quantitative estimate of drug-likeness (QED) is 0.795. The van der Waals surface area contributed by atoms with Crippen LogP contribution in [0.3, 0.4) is 0 Å². The molecule has 0 aromatic carbocycles. The van der Waals surface area contributed by atoms with Gasteiger partial charge in [-0.15, -0.1) is 0 Å². The van der Waals surface area contributed by atoms with Crippen LogP contribution in [0.25, 0.3) is 0 Å². The first-order valence-electron chi connectivity index (χ1n) is 7.55. The van der Waals surface area contributed by atoms with Crippen molar-refractivity contribution in [2.24, 2.45) is 0 Å². The Hall–Kier alpha value is -0.900. The smallest absolute Gasteiger partial charge is 0.219 e. The molecule has 1 rings (SSSR count). The number of hydrogen-bond acceptors (Lipinski definition) is 3. The second-order valence-corrected chi connectivity index (χ2v) is 7.28. The normalized spacial score (nSPS) is 22.6. The summed E-state index contributed by atoms with van der Waals surface area (Å²) in [6.07, 6.45) is 1.83. The van der Waals surface area contributed by atoms with Crippen LogP contribution in [0.2, 0.25) is 0 Å². The van der Waals surface area contributed by atoms with E-state index in [1.165, 1.54) is 0 Å². The molecule has 4 nitrogen and oxygen atoms in total. The van der Waals surface area contributed by atoms with Crippen molar-refractivity contribution < 1.29 is 9.59 Å². The van der Waals surface area contributed by atoms with Crippen LogP contribution in [-0.2, 0) is 9.59 Å². The second kappa shape index (κ2) is 5.84. The topological polar surface area (TPSA) is 40.6 Å². The van der Waals surface area contributed by atoms with E-state index in [9.17, 15) is 9.59 Å². The molecule has 1 fully saturated rings. The van der Waals surface area contributed by atoms with Gasteiger partial charge in [-0.25, -0.2) is 0 Å². The van der Waals surface area contributed by atoms with E-state index in [4.69, 9.17) is 0 Å². The van der Waals surface area contributed by atoms with Crippen molar-refractivity contribution in [1.82, 2.24) is 9.80 Å². The minimum absolute atomic E-state index is 0.0824. The van der Waals surface area contributed by atoms with Gasteiger partial charge in [0.2, 0.25) is 5.91 Å². The van der Waals surface area contributed by atoms with Crippen molar-refractivity contribution in [3.8, 4) is 0 Å². The summed E-state index contributed by atoms with van der Waals surface area (Å²) in [5, 5.41) is 0. The summed E-state index contributed by atoms with van der Waals surface area (Å²) in [5.41, 5.74) is -0.165. The standard InChI is InChI=1S/C16H30N2O2/c1-8-17(13(3)20)14-9-15(4,5)18(11-12(2)19)16(6,7)10-14/h14H,8-11H2,1-7H3. The van der Waals surface area contributed by atoms with Gasteiger partial charge in [-0.3, -0.25) is 14.5 Å². The van der Waals surface area contributed by atoms with Crippen LogP contribution >= 0.6 is 0 Å². The molecule has 0 bridgehead atoms. The zero-order valence-corrected chi connectivity index (χ0v) is 14.1. The Bertz CT molecular complexity index is 370. The molecule has 0 aliphatic carbocycles. The molecule has 1 aliphatic heterocycles. The molecule has 4 heteroatoms. The molecule has 116 valence electrons. The summed E-state index contributed by atoms with van der Waals surface area (Å²) in [4.78, 5) is 27.6. The number of amides is 1. The molecule has 1 saturated heterocycles. The Balaban J connectivity index is 3.03. The van der Waals surface area contributed by atoms with Crippen LogP contribution in [0, 0.1) is 0 Å². The predicted octanol–water partition coefficient (Wildman–Crippen LogP) is 2.47. The molecule has 1 amide bonds. The molecule has 0 N–H and O–H groups in total. The molecule has 0 spiro atoms. The van der Waals surface area contributed by atoms with Crippen LogP contribution in [0.1, 0.15) is 61.3 Å². The fourth-order valence-corrected chi connectivity index (χ4v) is 3.87. The Labute approximate surface area is 123 Å². The van der Waals surface area contributed by atoms with E-state index in [1.54, 1.807) is 13.8 Å². The van der Waals surface area contributed by atoms with Gasteiger partial charge in [0, 0.05) is 30.6 Å². The van der Waals surface area contributed by atoms with E-state index >= 15 is 0 Å². The van der Waals surface area contributed by atoms with Crippen LogP contribution < -0.4 is 0 Å². The molecule has 0 atom stereocenters. The monoisotopic (exact) mass is 282 g/mol. The summed E-state index contributed by atoms with van der Waals surface area (Å²) in [6.45, 7) is 15.3. The van der Waals surface area contributed by atoms with Gasteiger partial charge in [0.25, 0.3) is 0 Å². The number of piperidine rings is 1. The highest BCUT2D eigenvalue weighted by Crippen LogP contribution is 2.40. The van der Waals surface area contributed by atoms with Gasteiger partial charge in [-0.2, -0.15) is 0 Å². The molecule has 1 heterocycles. The number of nitrogens with zero attached hydrogens (tertiary/aromatic N) is 2. The van der Waals surface area contributed by atoms with Gasteiger partial charge >= 0.3 is 0 Å². The number of rotatable bonds is 4. The fraction of sp³-hybridized carbons (Fsp3) is 0.875. The number of likely N-dealkylation sites (tertiary alicyclic amines) is 1. The van der Waals surface area contributed by atoms with Gasteiger partial charge in [0.05, 0.1) is 6.54 Å². The number of carbonyl (C=O) groups excluding carboxylic acids is 2. The second-order valence-electron chi connectivity index (χ2n) is 7.28. The van der Waals surface area contributed by atoms with Crippen LogP contribution in [0.4, 0.5) is 0 Å². The summed E-state index contributed by atoms with van der Waals surface area (Å²) in [5.74, 6) is 0.340. The van der Waals surface area contributed by atoms with Crippen molar-refractivity contribution in [1.29, 1.82) is 0 Å². The molecule has 0 saturated carbocycles. The predicted molar refractivity (Wildman–Crippen MR) is 81.6 cm³/mol. The third kappa shape index (κ3) is 3.60. The van der Waals surface area contributed by atoms with Crippen LogP contribution in [0.15, 0.2) is 0 Å². The third-order valence-electron chi connectivity index (χ3n) is 4.50. The van der Waals surface area contributed by atoms with Crippen molar-refractivity contribution in [3.63, 3.8) is 0 Å². The number of ketones is 1. The zero-order chi connectivity index (χ0) is 15.7. The van der Waals surface area contributed by atoms with Crippen molar-refractivity contribution >= 4 is 11.7 Å². The van der Waals surface area contributed by atoms with Gasteiger partial charge in [0.15, 0.2) is 0 Å². The maximum Gasteiger partial charge on any atom is 0.219 e. The van der Waals surface area contributed by atoms with Crippen molar-refractivity contribution in [3.05, 3.63) is 0 Å². The van der Waals surface area contributed by atoms with Gasteiger partial charge in [-0.1, -0.05) is 0 Å². The van der Waals surface area contributed by atoms with Crippen molar-refractivity contribution in [2.75, 3.05) is 13.1 Å². The molecule has 1 aliphatic rings. The SMILES string of the molecule is CCN(C(C)=O)C1CC(C)(C)N(CC(C)=O)C(C)(C)C1. The molecular weight excluding hydrogens is 252 g/mol. The van der Waals surface area contributed by atoms with Crippen LogP contribution in [-0.4, -0.2) is 51.7 Å². The summed E-state index contributed by atoms with van der Waals surface area (Å²) in [7, 11) is 0. The molecular formula is C16H30N2O2. The Morgan fingerprint density at radius 1 is 1.10 bits per heavy atom. The largest absolute Gasteiger partial charge is 0.340 e. The van der Waals surface area contributed by atoms with Gasteiger partial charge in [-0.05, 0) is 54.4 Å². The number of carbonyl (C=O) groups is 2. The van der Waals surface area contributed by atoms with Gasteiger partial charge in [0.1, 0.15) is 5.78 Å². The highest BCUT2D eigenvalue weighted by atomic mass is 16.2. The minimum atomic E-state index is -0.0824. The lowest BCUT2D eigenvalue weighted by Gasteiger charge is -2.56. The van der Waals surface area contributed by atoms with E-state index in [1.807, 2.05) is 11.8 Å². The Morgan fingerprint density at radius 3 is 1.85 bits per heavy atom. The lowest BCUT2D eigenvalue weighted by molar-refractivity contribution is -0.139.